The van der Waals surface area contributed by atoms with E-state index >= 15 is 0 Å². The number of rotatable bonds is 2. The Labute approximate surface area is 146 Å². The van der Waals surface area contributed by atoms with Gasteiger partial charge in [0.1, 0.15) is 0 Å². The summed E-state index contributed by atoms with van der Waals surface area (Å²) in [4.78, 5) is 29.1. The number of aromatic nitrogens is 1. The number of alkyl halides is 3. The number of carbonyl (C=O) groups is 2. The zero-order chi connectivity index (χ0) is 19.1. The maximum Gasteiger partial charge on any atom is 0.417 e. The molecule has 2 heterocycles. The molecule has 1 fully saturated rings. The molecule has 138 valence electrons. The quantitative estimate of drug-likeness (QED) is 0.848. The van der Waals surface area contributed by atoms with Crippen molar-refractivity contribution in [2.45, 2.75) is 18.6 Å². The molecule has 26 heavy (non-hydrogen) atoms. The van der Waals surface area contributed by atoms with Crippen LogP contribution in [0.25, 0.3) is 10.8 Å². The maximum absolute atomic E-state index is 13.2. The van der Waals surface area contributed by atoms with Crippen LogP contribution >= 0.6 is 0 Å². The van der Waals surface area contributed by atoms with E-state index in [1.807, 2.05) is 0 Å². The zero-order valence-corrected chi connectivity index (χ0v) is 13.5. The van der Waals surface area contributed by atoms with E-state index < -0.39 is 35.6 Å². The van der Waals surface area contributed by atoms with Crippen LogP contribution in [0.3, 0.4) is 0 Å². The summed E-state index contributed by atoms with van der Waals surface area (Å²) in [7, 11) is 0. The third-order valence-corrected chi connectivity index (χ3v) is 4.46. The average molecular weight is 367 g/mol. The summed E-state index contributed by atoms with van der Waals surface area (Å²) in [5, 5.41) is 9.13. The fourth-order valence-corrected chi connectivity index (χ4v) is 3.27. The van der Waals surface area contributed by atoms with Gasteiger partial charge in [0.2, 0.25) is 0 Å². The number of benzene rings is 1. The molecule has 0 saturated carbocycles. The number of carboxylic acid groups (broad SMARTS) is 1. The van der Waals surface area contributed by atoms with Crippen molar-refractivity contribution in [1.82, 2.24) is 9.88 Å². The van der Waals surface area contributed by atoms with Gasteiger partial charge in [-0.15, -0.1) is 0 Å². The highest BCUT2D eigenvalue weighted by atomic mass is 19.4. The summed E-state index contributed by atoms with van der Waals surface area (Å²) < 4.78 is 39.6. The lowest BCUT2D eigenvalue weighted by atomic mass is 9.94. The molecule has 3 N–H and O–H groups in total. The number of nitrogens with two attached hydrogens (primary N) is 1. The molecule has 1 aromatic carbocycles. The van der Waals surface area contributed by atoms with Crippen LogP contribution in [0.15, 0.2) is 30.6 Å². The highest BCUT2D eigenvalue weighted by Gasteiger charge is 2.35. The zero-order valence-electron chi connectivity index (χ0n) is 13.5. The lowest BCUT2D eigenvalue weighted by Crippen LogP contribution is -2.51. The van der Waals surface area contributed by atoms with Crippen molar-refractivity contribution in [2.24, 2.45) is 11.7 Å². The van der Waals surface area contributed by atoms with Crippen LogP contribution in [-0.2, 0) is 11.0 Å². The highest BCUT2D eigenvalue weighted by Crippen LogP contribution is 2.35. The van der Waals surface area contributed by atoms with E-state index in [0.29, 0.717) is 0 Å². The smallest absolute Gasteiger partial charge is 0.417 e. The van der Waals surface area contributed by atoms with Gasteiger partial charge in [-0.05, 0) is 17.9 Å². The average Bonchev–Trinajstić information content (AvgIpc) is 2.58. The first-order valence-corrected chi connectivity index (χ1v) is 7.90. The van der Waals surface area contributed by atoms with Gasteiger partial charge in [0.15, 0.2) is 0 Å². The molecule has 1 amide bonds. The predicted octanol–water partition coefficient (Wildman–Crippen LogP) is 2.13. The highest BCUT2D eigenvalue weighted by molar-refractivity contribution is 6.07. The number of likely N-dealkylation sites (tertiary alicyclic amines) is 1. The Kier molecular flexibility index (Phi) is 4.57. The number of hydrogen-bond donors (Lipinski definition) is 2. The molecule has 2 aromatic rings. The summed E-state index contributed by atoms with van der Waals surface area (Å²) in [6, 6.07) is 3.06. The lowest BCUT2D eigenvalue weighted by molar-refractivity contribution is -0.143. The molecular formula is C17H16F3N3O3. The number of nitrogens with zero attached hydrogens (tertiary/aromatic N) is 2. The van der Waals surface area contributed by atoms with E-state index in [0.717, 1.165) is 12.3 Å². The van der Waals surface area contributed by atoms with Crippen LogP contribution in [-0.4, -0.2) is 46.0 Å². The molecule has 2 unspecified atom stereocenters. The van der Waals surface area contributed by atoms with Gasteiger partial charge in [0.05, 0.1) is 17.0 Å². The van der Waals surface area contributed by atoms with Crippen LogP contribution in [0, 0.1) is 5.92 Å². The third kappa shape index (κ3) is 3.34. The van der Waals surface area contributed by atoms with Gasteiger partial charge in [-0.1, -0.05) is 12.1 Å². The number of hydrogen-bond acceptors (Lipinski definition) is 4. The van der Waals surface area contributed by atoms with Crippen molar-refractivity contribution in [3.05, 3.63) is 41.7 Å². The monoisotopic (exact) mass is 367 g/mol. The first kappa shape index (κ1) is 18.1. The van der Waals surface area contributed by atoms with Gasteiger partial charge in [-0.2, -0.15) is 13.2 Å². The molecule has 0 aliphatic carbocycles. The van der Waals surface area contributed by atoms with E-state index in [-0.39, 0.29) is 35.8 Å². The molecule has 9 heteroatoms. The molecule has 1 aliphatic heterocycles. The molecule has 6 nitrogen and oxygen atoms in total. The number of aliphatic carboxylic acids is 1. The molecule has 0 spiro atoms. The minimum atomic E-state index is -4.58. The van der Waals surface area contributed by atoms with E-state index in [1.165, 1.54) is 23.2 Å². The summed E-state index contributed by atoms with van der Waals surface area (Å²) in [6.45, 7) is 0.0924. The minimum absolute atomic E-state index is 0.00756. The normalized spacial score (nSPS) is 21.0. The molecule has 1 saturated heterocycles. The molecule has 2 atom stereocenters. The Hall–Kier alpha value is -2.68. The molecule has 0 bridgehead atoms. The molecular weight excluding hydrogens is 351 g/mol. The van der Waals surface area contributed by atoms with E-state index in [9.17, 15) is 27.9 Å². The van der Waals surface area contributed by atoms with Crippen LogP contribution in [0.4, 0.5) is 13.2 Å². The van der Waals surface area contributed by atoms with Crippen LogP contribution in [0.5, 0.6) is 0 Å². The second-order valence-corrected chi connectivity index (χ2v) is 6.33. The van der Waals surface area contributed by atoms with Crippen molar-refractivity contribution in [2.75, 3.05) is 13.1 Å². The first-order valence-electron chi connectivity index (χ1n) is 7.90. The van der Waals surface area contributed by atoms with Crippen molar-refractivity contribution in [1.29, 1.82) is 0 Å². The summed E-state index contributed by atoms with van der Waals surface area (Å²) in [5.74, 6) is -2.45. The summed E-state index contributed by atoms with van der Waals surface area (Å²) in [6.07, 6.45) is -2.08. The Balaban J connectivity index is 2.03. The second kappa shape index (κ2) is 6.56. The van der Waals surface area contributed by atoms with Crippen LogP contribution < -0.4 is 5.73 Å². The van der Waals surface area contributed by atoms with Gasteiger partial charge >= 0.3 is 12.1 Å². The first-order chi connectivity index (χ1) is 12.2. The van der Waals surface area contributed by atoms with Crippen molar-refractivity contribution >= 4 is 22.6 Å². The number of piperidine rings is 1. The number of carboxylic acids is 1. The van der Waals surface area contributed by atoms with Crippen LogP contribution in [0.2, 0.25) is 0 Å². The Morgan fingerprint density at radius 2 is 1.92 bits per heavy atom. The van der Waals surface area contributed by atoms with Crippen molar-refractivity contribution in [3.63, 3.8) is 0 Å². The number of pyridine rings is 1. The fourth-order valence-electron chi connectivity index (χ4n) is 3.27. The van der Waals surface area contributed by atoms with Crippen molar-refractivity contribution < 1.29 is 27.9 Å². The largest absolute Gasteiger partial charge is 0.481 e. The number of carbonyl (C=O) groups excluding carboxylic acids is 1. The van der Waals surface area contributed by atoms with Crippen molar-refractivity contribution in [3.8, 4) is 0 Å². The molecule has 3 rings (SSSR count). The van der Waals surface area contributed by atoms with Gasteiger partial charge < -0.3 is 15.7 Å². The molecule has 1 aliphatic rings. The molecule has 0 radical (unpaired) electrons. The SMILES string of the molecule is NC1CC(C(=O)O)CN(C(=O)c2cncc3c(C(F)(F)F)cccc23)C1. The van der Waals surface area contributed by atoms with Gasteiger partial charge in [0.25, 0.3) is 5.91 Å². The minimum Gasteiger partial charge on any atom is -0.481 e. The predicted molar refractivity (Wildman–Crippen MR) is 86.4 cm³/mol. The van der Waals surface area contributed by atoms with Crippen LogP contribution in [0.1, 0.15) is 22.3 Å². The molecule has 1 aromatic heterocycles. The summed E-state index contributed by atoms with van der Waals surface area (Å²) >= 11 is 0. The number of amides is 1. The standard InChI is InChI=1S/C17H16F3N3O3/c18-17(19,20)14-3-1-2-11-12(14)5-22-6-13(11)15(24)23-7-9(16(25)26)4-10(21)8-23/h1-3,5-6,9-10H,4,7-8,21H2,(H,25,26). The number of halogens is 3. The number of fused-ring (bicyclic) bond motifs is 1. The van der Waals surface area contributed by atoms with Gasteiger partial charge in [0, 0.05) is 36.9 Å². The third-order valence-electron chi connectivity index (χ3n) is 4.46. The second-order valence-electron chi connectivity index (χ2n) is 6.33. The van der Waals surface area contributed by atoms with Gasteiger partial charge in [-0.3, -0.25) is 14.6 Å². The van der Waals surface area contributed by atoms with E-state index in [1.54, 1.807) is 0 Å². The van der Waals surface area contributed by atoms with Gasteiger partial charge in [-0.25, -0.2) is 0 Å². The topological polar surface area (TPSA) is 96.5 Å². The Morgan fingerprint density at radius 1 is 1.19 bits per heavy atom. The summed E-state index contributed by atoms with van der Waals surface area (Å²) in [5.41, 5.74) is 4.96. The lowest BCUT2D eigenvalue weighted by Gasteiger charge is -2.34. The Morgan fingerprint density at radius 3 is 2.58 bits per heavy atom. The Bertz CT molecular complexity index is 869. The van der Waals surface area contributed by atoms with E-state index in [4.69, 9.17) is 5.73 Å². The van der Waals surface area contributed by atoms with E-state index in [2.05, 4.69) is 4.98 Å². The maximum atomic E-state index is 13.2. The fraction of sp³-hybridized carbons (Fsp3) is 0.353.